The Kier molecular flexibility index (Phi) is 2.85. The largest absolute Gasteiger partial charge is 0.467 e. The molecule has 0 aliphatic carbocycles. The van der Waals surface area contributed by atoms with Crippen LogP contribution in [0.3, 0.4) is 0 Å². The first kappa shape index (κ1) is 12.9. The lowest BCUT2D eigenvalue weighted by Crippen LogP contribution is -2.21. The maximum atomic E-state index is 12.8. The molecule has 3 nitrogen and oxygen atoms in total. The Balaban J connectivity index is 2.39. The molecule has 1 aromatic rings. The van der Waals surface area contributed by atoms with Crippen LogP contribution in [0, 0.1) is 0 Å². The number of hydrogen-bond acceptors (Lipinski definition) is 3. The first-order chi connectivity index (χ1) is 8.30. The SMILES string of the molecule is COC(=O)C1OC1(C)c1ccccc1C(F)(F)F. The van der Waals surface area contributed by atoms with Crippen LogP contribution in [0.15, 0.2) is 24.3 Å². The van der Waals surface area contributed by atoms with E-state index in [9.17, 15) is 18.0 Å². The summed E-state index contributed by atoms with van der Waals surface area (Å²) in [6.07, 6.45) is -5.46. The Labute approximate surface area is 102 Å². The first-order valence-corrected chi connectivity index (χ1v) is 5.23. The maximum absolute atomic E-state index is 12.8. The quantitative estimate of drug-likeness (QED) is 0.605. The number of benzene rings is 1. The molecule has 0 bridgehead atoms. The average molecular weight is 260 g/mol. The summed E-state index contributed by atoms with van der Waals surface area (Å²) < 4.78 is 48.1. The lowest BCUT2D eigenvalue weighted by Gasteiger charge is -2.15. The molecule has 18 heavy (non-hydrogen) atoms. The van der Waals surface area contributed by atoms with Crippen molar-refractivity contribution >= 4 is 5.97 Å². The van der Waals surface area contributed by atoms with Crippen LogP contribution in [0.25, 0.3) is 0 Å². The summed E-state index contributed by atoms with van der Waals surface area (Å²) >= 11 is 0. The smallest absolute Gasteiger partial charge is 0.416 e. The zero-order valence-electron chi connectivity index (χ0n) is 9.75. The highest BCUT2D eigenvalue weighted by molar-refractivity contribution is 5.79. The third-order valence-corrected chi connectivity index (χ3v) is 2.99. The van der Waals surface area contributed by atoms with E-state index in [1.54, 1.807) is 0 Å². The number of ether oxygens (including phenoxy) is 2. The van der Waals surface area contributed by atoms with Gasteiger partial charge in [0.1, 0.15) is 5.60 Å². The van der Waals surface area contributed by atoms with Gasteiger partial charge in [-0.2, -0.15) is 13.2 Å². The molecule has 1 aliphatic rings. The highest BCUT2D eigenvalue weighted by atomic mass is 19.4. The molecule has 2 atom stereocenters. The molecule has 1 aliphatic heterocycles. The van der Waals surface area contributed by atoms with Crippen molar-refractivity contribution in [2.75, 3.05) is 7.11 Å². The molecule has 98 valence electrons. The second-order valence-electron chi connectivity index (χ2n) is 4.17. The average Bonchev–Trinajstić information content (AvgIpc) is 3.01. The minimum atomic E-state index is -4.48. The zero-order valence-corrected chi connectivity index (χ0v) is 9.75. The van der Waals surface area contributed by atoms with E-state index < -0.39 is 29.4 Å². The number of hydrogen-bond donors (Lipinski definition) is 0. The molecule has 1 aromatic carbocycles. The van der Waals surface area contributed by atoms with Gasteiger partial charge >= 0.3 is 12.1 Å². The molecule has 1 heterocycles. The number of methoxy groups -OCH3 is 1. The predicted molar refractivity (Wildman–Crippen MR) is 55.7 cm³/mol. The molecular weight excluding hydrogens is 249 g/mol. The van der Waals surface area contributed by atoms with Gasteiger partial charge in [0.15, 0.2) is 6.10 Å². The monoisotopic (exact) mass is 260 g/mol. The van der Waals surface area contributed by atoms with Gasteiger partial charge in [-0.3, -0.25) is 0 Å². The molecule has 1 fully saturated rings. The van der Waals surface area contributed by atoms with Crippen LogP contribution in [0.1, 0.15) is 18.1 Å². The fourth-order valence-corrected chi connectivity index (χ4v) is 1.96. The van der Waals surface area contributed by atoms with Gasteiger partial charge < -0.3 is 9.47 Å². The van der Waals surface area contributed by atoms with Gasteiger partial charge in [-0.1, -0.05) is 18.2 Å². The lowest BCUT2D eigenvalue weighted by atomic mass is 9.92. The van der Waals surface area contributed by atoms with Crippen molar-refractivity contribution in [3.8, 4) is 0 Å². The molecule has 6 heteroatoms. The van der Waals surface area contributed by atoms with E-state index in [1.807, 2.05) is 0 Å². The van der Waals surface area contributed by atoms with Crippen LogP contribution < -0.4 is 0 Å². The fraction of sp³-hybridized carbons (Fsp3) is 0.417. The molecular formula is C12H11F3O3. The number of alkyl halides is 3. The summed E-state index contributed by atoms with van der Waals surface area (Å²) in [5.74, 6) is -0.672. The highest BCUT2D eigenvalue weighted by Crippen LogP contribution is 2.50. The lowest BCUT2D eigenvalue weighted by molar-refractivity contribution is -0.142. The van der Waals surface area contributed by atoms with Crippen molar-refractivity contribution < 1.29 is 27.4 Å². The number of epoxide rings is 1. The van der Waals surface area contributed by atoms with E-state index in [2.05, 4.69) is 4.74 Å². The third kappa shape index (κ3) is 1.96. The van der Waals surface area contributed by atoms with Gasteiger partial charge in [0, 0.05) is 0 Å². The number of rotatable bonds is 2. The van der Waals surface area contributed by atoms with Crippen molar-refractivity contribution in [2.24, 2.45) is 0 Å². The molecule has 0 spiro atoms. The van der Waals surface area contributed by atoms with E-state index in [0.717, 1.165) is 6.07 Å². The third-order valence-electron chi connectivity index (χ3n) is 2.99. The Morgan fingerprint density at radius 3 is 2.56 bits per heavy atom. The Morgan fingerprint density at radius 1 is 1.39 bits per heavy atom. The summed E-state index contributed by atoms with van der Waals surface area (Å²) in [6, 6.07) is 5.05. The second-order valence-corrected chi connectivity index (χ2v) is 4.17. The topological polar surface area (TPSA) is 38.8 Å². The summed E-state index contributed by atoms with van der Waals surface area (Å²) in [6.45, 7) is 1.44. The van der Waals surface area contributed by atoms with E-state index in [-0.39, 0.29) is 5.56 Å². The van der Waals surface area contributed by atoms with Gasteiger partial charge in [0.05, 0.1) is 12.7 Å². The van der Waals surface area contributed by atoms with Gasteiger partial charge in [-0.05, 0) is 18.6 Å². The van der Waals surface area contributed by atoms with Crippen molar-refractivity contribution in [3.05, 3.63) is 35.4 Å². The maximum Gasteiger partial charge on any atom is 0.416 e. The molecule has 1 saturated heterocycles. The van der Waals surface area contributed by atoms with E-state index >= 15 is 0 Å². The summed E-state index contributed by atoms with van der Waals surface area (Å²) in [4.78, 5) is 11.3. The van der Waals surface area contributed by atoms with E-state index in [0.29, 0.717) is 0 Å². The Bertz CT molecular complexity index is 484. The summed E-state index contributed by atoms with van der Waals surface area (Å²) in [5, 5.41) is 0. The molecule has 2 unspecified atom stereocenters. The molecule has 0 aromatic heterocycles. The molecule has 0 N–H and O–H groups in total. The van der Waals surface area contributed by atoms with Crippen LogP contribution in [0.2, 0.25) is 0 Å². The minimum Gasteiger partial charge on any atom is -0.467 e. The van der Waals surface area contributed by atoms with Crippen LogP contribution >= 0.6 is 0 Å². The predicted octanol–water partition coefficient (Wildman–Crippen LogP) is 2.49. The Hall–Kier alpha value is -1.56. The first-order valence-electron chi connectivity index (χ1n) is 5.23. The van der Waals surface area contributed by atoms with Gasteiger partial charge in [0.2, 0.25) is 0 Å². The van der Waals surface area contributed by atoms with Crippen molar-refractivity contribution in [2.45, 2.75) is 24.8 Å². The number of esters is 1. The molecule has 2 rings (SSSR count). The molecule has 0 radical (unpaired) electrons. The van der Waals surface area contributed by atoms with Crippen LogP contribution in [-0.2, 0) is 26.0 Å². The number of carbonyl (C=O) groups excluding carboxylic acids is 1. The number of carbonyl (C=O) groups is 1. The highest BCUT2D eigenvalue weighted by Gasteiger charge is 2.61. The Morgan fingerprint density at radius 2 is 2.00 bits per heavy atom. The van der Waals surface area contributed by atoms with Gasteiger partial charge in [-0.15, -0.1) is 0 Å². The van der Waals surface area contributed by atoms with Crippen molar-refractivity contribution in [3.63, 3.8) is 0 Å². The normalized spacial score (nSPS) is 26.8. The van der Waals surface area contributed by atoms with E-state index in [4.69, 9.17) is 4.74 Å². The van der Waals surface area contributed by atoms with Crippen LogP contribution in [0.5, 0.6) is 0 Å². The van der Waals surface area contributed by atoms with Gasteiger partial charge in [0.25, 0.3) is 0 Å². The zero-order chi connectivity index (χ0) is 13.6. The summed E-state index contributed by atoms with van der Waals surface area (Å²) in [7, 11) is 1.17. The van der Waals surface area contributed by atoms with Crippen LogP contribution in [0.4, 0.5) is 13.2 Å². The minimum absolute atomic E-state index is 0.0482. The molecule has 0 amide bonds. The van der Waals surface area contributed by atoms with Crippen molar-refractivity contribution in [1.82, 2.24) is 0 Å². The summed E-state index contributed by atoms with van der Waals surface area (Å²) in [5.41, 5.74) is -2.11. The van der Waals surface area contributed by atoms with Gasteiger partial charge in [-0.25, -0.2) is 4.79 Å². The van der Waals surface area contributed by atoms with Crippen LogP contribution in [-0.4, -0.2) is 19.2 Å². The fourth-order valence-electron chi connectivity index (χ4n) is 1.96. The number of halogens is 3. The van der Waals surface area contributed by atoms with Crippen molar-refractivity contribution in [1.29, 1.82) is 0 Å². The second kappa shape index (κ2) is 3.98. The van der Waals surface area contributed by atoms with E-state index in [1.165, 1.54) is 32.2 Å². The standard InChI is InChI=1S/C12H11F3O3/c1-11(9(18-11)10(16)17-2)7-5-3-4-6-8(7)12(13,14)15/h3-6,9H,1-2H3. The molecule has 0 saturated carbocycles.